The molecule has 1 saturated heterocycles. The first kappa shape index (κ1) is 38.9. The average Bonchev–Trinajstić information content (AvgIpc) is 3.53. The van der Waals surface area contributed by atoms with Crippen molar-refractivity contribution >= 4 is 8.53 Å². The van der Waals surface area contributed by atoms with Crippen LogP contribution >= 0.6 is 8.53 Å². The number of benzene rings is 3. The van der Waals surface area contributed by atoms with Crippen LogP contribution in [0.1, 0.15) is 62.6 Å². The van der Waals surface area contributed by atoms with E-state index in [1.165, 1.54) is 10.8 Å². The zero-order valence-corrected chi connectivity index (χ0v) is 31.5. The lowest BCUT2D eigenvalue weighted by atomic mass is 9.79. The van der Waals surface area contributed by atoms with Crippen molar-refractivity contribution in [1.29, 1.82) is 5.26 Å². The lowest BCUT2D eigenvalue weighted by Crippen LogP contribution is -2.45. The molecule has 5 rings (SSSR count). The molecule has 1 aromatic heterocycles. The molecule has 3 aromatic carbocycles. The predicted octanol–water partition coefficient (Wildman–Crippen LogP) is 6.43. The molecule has 0 radical (unpaired) electrons. The van der Waals surface area contributed by atoms with Crippen molar-refractivity contribution in [2.75, 3.05) is 27.4 Å². The highest BCUT2D eigenvalue weighted by Gasteiger charge is 2.50. The van der Waals surface area contributed by atoms with Crippen LogP contribution in [0.15, 0.2) is 94.6 Å². The molecule has 1 N–H and O–H groups in total. The Labute approximate surface area is 305 Å². The van der Waals surface area contributed by atoms with Gasteiger partial charge in [0.25, 0.3) is 14.1 Å². The van der Waals surface area contributed by atoms with Crippen molar-refractivity contribution in [2.24, 2.45) is 0 Å². The second-order valence-electron chi connectivity index (χ2n) is 13.0. The Kier molecular flexibility index (Phi) is 13.0. The smallest absolute Gasteiger partial charge is 0.330 e. The molecular formula is C39H47N4O8P. The summed E-state index contributed by atoms with van der Waals surface area (Å²) < 4.78 is 41.7. The molecule has 4 aromatic rings. The Morgan fingerprint density at radius 1 is 0.923 bits per heavy atom. The lowest BCUT2D eigenvalue weighted by molar-refractivity contribution is -0.0855. The standard InChI is InChI=1S/C39H47N4O8P/c1-26(2)43(27(3)4)52(49-23-11-22-40)51-35-34(25-48-37(35)42-24-28(5)36(44)41-38(42)45)50-39(29-12-9-8-10-13-29,30-14-18-32(46-6)19-15-30)31-16-20-33(47-7)21-17-31/h8-10,12-21,24,26-27,34-35,37H,11,23,25H2,1-7H3,(H,41,44,45)/t34-,35+,37+,52?/m0/s1. The number of aromatic amines is 1. The van der Waals surface area contributed by atoms with Gasteiger partial charge in [-0.1, -0.05) is 54.6 Å². The van der Waals surface area contributed by atoms with Crippen molar-refractivity contribution < 1.29 is 28.0 Å². The van der Waals surface area contributed by atoms with E-state index in [1.807, 2.05) is 107 Å². The highest BCUT2D eigenvalue weighted by Crippen LogP contribution is 2.52. The molecule has 1 aliphatic rings. The van der Waals surface area contributed by atoms with E-state index >= 15 is 0 Å². The fraction of sp³-hybridized carbons (Fsp3) is 0.410. The van der Waals surface area contributed by atoms with Crippen LogP contribution in [-0.2, 0) is 24.1 Å². The van der Waals surface area contributed by atoms with Gasteiger partial charge in [0.2, 0.25) is 0 Å². The highest BCUT2D eigenvalue weighted by molar-refractivity contribution is 7.44. The number of methoxy groups -OCH3 is 2. The summed E-state index contributed by atoms with van der Waals surface area (Å²) in [6, 6.07) is 27.4. The van der Waals surface area contributed by atoms with Gasteiger partial charge in [0.05, 0.1) is 39.9 Å². The quantitative estimate of drug-likeness (QED) is 0.0780. The number of hydrogen-bond donors (Lipinski definition) is 1. The van der Waals surface area contributed by atoms with Gasteiger partial charge < -0.3 is 28.0 Å². The third-order valence-electron chi connectivity index (χ3n) is 8.87. The van der Waals surface area contributed by atoms with Gasteiger partial charge in [0, 0.05) is 23.8 Å². The van der Waals surface area contributed by atoms with Crippen molar-refractivity contribution in [2.45, 2.75) is 77.2 Å². The molecule has 1 fully saturated rings. The van der Waals surface area contributed by atoms with E-state index in [1.54, 1.807) is 21.1 Å². The molecule has 2 heterocycles. The number of nitriles is 1. The average molecular weight is 731 g/mol. The maximum Gasteiger partial charge on any atom is 0.330 e. The van der Waals surface area contributed by atoms with Crippen LogP contribution in [0, 0.1) is 18.3 Å². The van der Waals surface area contributed by atoms with Crippen molar-refractivity contribution in [3.63, 3.8) is 0 Å². The predicted molar refractivity (Wildman–Crippen MR) is 198 cm³/mol. The number of aromatic nitrogens is 2. The lowest BCUT2D eigenvalue weighted by Gasteiger charge is -2.41. The van der Waals surface area contributed by atoms with Crippen LogP contribution in [0.4, 0.5) is 0 Å². The molecule has 0 amide bonds. The Morgan fingerprint density at radius 3 is 2.00 bits per heavy atom. The zero-order valence-electron chi connectivity index (χ0n) is 30.6. The molecule has 12 nitrogen and oxygen atoms in total. The van der Waals surface area contributed by atoms with Crippen LogP contribution in [0.25, 0.3) is 0 Å². The monoisotopic (exact) mass is 730 g/mol. The Hall–Kier alpha value is -4.34. The van der Waals surface area contributed by atoms with E-state index in [0.717, 1.165) is 16.7 Å². The Bertz CT molecular complexity index is 1850. The van der Waals surface area contributed by atoms with Crippen LogP contribution < -0.4 is 20.7 Å². The third-order valence-corrected chi connectivity index (χ3v) is 11.0. The number of H-pyrrole nitrogens is 1. The highest BCUT2D eigenvalue weighted by atomic mass is 31.2. The van der Waals surface area contributed by atoms with E-state index in [-0.39, 0.29) is 31.7 Å². The van der Waals surface area contributed by atoms with Gasteiger partial charge in [0.1, 0.15) is 29.3 Å². The SMILES string of the molecule is COc1ccc(C(O[C@H]2CO[C@@H](n3cc(C)c(=O)[nH]c3=O)[C@@H]2OP(OCCC#N)N(C(C)C)C(C)C)(c2ccccc2)c2ccc(OC)cc2)cc1. The van der Waals surface area contributed by atoms with E-state index in [2.05, 4.69) is 15.7 Å². The summed E-state index contributed by atoms with van der Waals surface area (Å²) in [6.07, 6.45) is -1.07. The first-order valence-electron chi connectivity index (χ1n) is 17.2. The number of nitrogens with one attached hydrogen (secondary N) is 1. The summed E-state index contributed by atoms with van der Waals surface area (Å²) in [4.78, 5) is 28.2. The largest absolute Gasteiger partial charge is 0.497 e. The summed E-state index contributed by atoms with van der Waals surface area (Å²) >= 11 is 0. The van der Waals surface area contributed by atoms with Crippen molar-refractivity contribution in [3.8, 4) is 17.6 Å². The van der Waals surface area contributed by atoms with Crippen LogP contribution in [0.5, 0.6) is 11.5 Å². The van der Waals surface area contributed by atoms with Gasteiger partial charge in [-0.25, -0.2) is 9.46 Å². The van der Waals surface area contributed by atoms with Crippen LogP contribution in [0.3, 0.4) is 0 Å². The molecule has 0 aliphatic carbocycles. The van der Waals surface area contributed by atoms with Crippen LogP contribution in [0.2, 0.25) is 0 Å². The molecule has 276 valence electrons. The van der Waals surface area contributed by atoms with E-state index in [4.69, 9.17) is 28.0 Å². The topological polar surface area (TPSA) is 137 Å². The summed E-state index contributed by atoms with van der Waals surface area (Å²) in [7, 11) is 1.43. The molecule has 0 saturated carbocycles. The molecule has 13 heteroatoms. The maximum absolute atomic E-state index is 13.4. The summed E-state index contributed by atoms with van der Waals surface area (Å²) in [6.45, 7) is 9.99. The van der Waals surface area contributed by atoms with Gasteiger partial charge in [-0.2, -0.15) is 5.26 Å². The number of hydrogen-bond acceptors (Lipinski definition) is 10. The molecular weight excluding hydrogens is 683 g/mol. The van der Waals surface area contributed by atoms with E-state index < -0.39 is 43.8 Å². The number of ether oxygens (including phenoxy) is 4. The van der Waals surface area contributed by atoms with Gasteiger partial charge in [0.15, 0.2) is 6.23 Å². The van der Waals surface area contributed by atoms with Gasteiger partial charge in [-0.3, -0.25) is 14.3 Å². The molecule has 4 atom stereocenters. The maximum atomic E-state index is 13.4. The minimum absolute atomic E-state index is 0.00777. The second-order valence-corrected chi connectivity index (χ2v) is 14.4. The number of aryl methyl sites for hydroxylation is 1. The first-order valence-corrected chi connectivity index (χ1v) is 18.4. The third kappa shape index (κ3) is 8.31. The summed E-state index contributed by atoms with van der Waals surface area (Å²) in [5, 5.41) is 9.35. The molecule has 1 unspecified atom stereocenters. The number of rotatable bonds is 16. The molecule has 1 aliphatic heterocycles. The van der Waals surface area contributed by atoms with E-state index in [9.17, 15) is 14.9 Å². The van der Waals surface area contributed by atoms with Gasteiger partial charge in [-0.05, 0) is 75.6 Å². The normalized spacial score (nSPS) is 18.1. The Morgan fingerprint density at radius 2 is 1.48 bits per heavy atom. The summed E-state index contributed by atoms with van der Waals surface area (Å²) in [5.41, 5.74) is 0.428. The minimum Gasteiger partial charge on any atom is -0.497 e. The van der Waals surface area contributed by atoms with Gasteiger partial charge in [-0.15, -0.1) is 0 Å². The first-order chi connectivity index (χ1) is 25.0. The van der Waals surface area contributed by atoms with Crippen LogP contribution in [-0.4, -0.2) is 65.9 Å². The number of nitrogens with zero attached hydrogens (tertiary/aromatic N) is 3. The molecule has 52 heavy (non-hydrogen) atoms. The van der Waals surface area contributed by atoms with Crippen molar-refractivity contribution in [3.05, 3.63) is 128 Å². The fourth-order valence-corrected chi connectivity index (χ4v) is 8.21. The molecule has 0 bridgehead atoms. The van der Waals surface area contributed by atoms with E-state index in [0.29, 0.717) is 17.1 Å². The summed E-state index contributed by atoms with van der Waals surface area (Å²) in [5.74, 6) is 1.36. The minimum atomic E-state index is -1.81. The second kappa shape index (κ2) is 17.5. The fourth-order valence-electron chi connectivity index (χ4n) is 6.46. The Balaban J connectivity index is 1.71. The molecule has 0 spiro atoms. The van der Waals surface area contributed by atoms with Gasteiger partial charge >= 0.3 is 5.69 Å². The zero-order chi connectivity index (χ0) is 37.4. The van der Waals surface area contributed by atoms with Crippen molar-refractivity contribution in [1.82, 2.24) is 14.2 Å².